The molecule has 2 rings (SSSR count). The summed E-state index contributed by atoms with van der Waals surface area (Å²) in [6.07, 6.45) is 1.07. The number of benzene rings is 1. The number of carbonyl (C=O) groups excluding carboxylic acids is 2. The van der Waals surface area contributed by atoms with Crippen LogP contribution in [0.2, 0.25) is 0 Å². The van der Waals surface area contributed by atoms with Gasteiger partial charge in [0, 0.05) is 11.6 Å². The molecule has 1 aromatic rings. The van der Waals surface area contributed by atoms with E-state index in [1.165, 1.54) is 18.2 Å². The zero-order chi connectivity index (χ0) is 18.3. The third-order valence-corrected chi connectivity index (χ3v) is 3.95. The van der Waals surface area contributed by atoms with Gasteiger partial charge in [-0.2, -0.15) is 18.3 Å². The molecule has 1 fully saturated rings. The van der Waals surface area contributed by atoms with E-state index in [1.807, 2.05) is 0 Å². The lowest BCUT2D eigenvalue weighted by atomic mass is 9.95. The van der Waals surface area contributed by atoms with Crippen LogP contribution >= 0.6 is 0 Å². The van der Waals surface area contributed by atoms with Gasteiger partial charge in [-0.3, -0.25) is 9.59 Å². The normalized spacial score (nSPS) is 16.0. The van der Waals surface area contributed by atoms with Crippen LogP contribution in [0.4, 0.5) is 13.2 Å². The third-order valence-electron chi connectivity index (χ3n) is 3.95. The Labute approximate surface area is 143 Å². The number of hydrogen-bond donors (Lipinski definition) is 2. The Morgan fingerprint density at radius 3 is 2.48 bits per heavy atom. The quantitative estimate of drug-likeness (QED) is 0.484. The van der Waals surface area contributed by atoms with E-state index in [0.717, 1.165) is 44.4 Å². The molecule has 1 saturated carbocycles. The first kappa shape index (κ1) is 19.0. The van der Waals surface area contributed by atoms with Crippen molar-refractivity contribution in [3.05, 3.63) is 35.4 Å². The molecule has 0 unspecified atom stereocenters. The van der Waals surface area contributed by atoms with Gasteiger partial charge in [-0.15, -0.1) is 0 Å². The van der Waals surface area contributed by atoms with Crippen LogP contribution in [0.3, 0.4) is 0 Å². The van der Waals surface area contributed by atoms with Gasteiger partial charge in [0.25, 0.3) is 0 Å². The van der Waals surface area contributed by atoms with Crippen molar-refractivity contribution in [2.45, 2.75) is 50.7 Å². The minimum absolute atomic E-state index is 0.0937. The zero-order valence-corrected chi connectivity index (χ0v) is 13.6. The molecule has 2 N–H and O–H groups in total. The van der Waals surface area contributed by atoms with Gasteiger partial charge in [-0.05, 0) is 18.9 Å². The van der Waals surface area contributed by atoms with Gasteiger partial charge in [0.2, 0.25) is 11.8 Å². The van der Waals surface area contributed by atoms with E-state index in [-0.39, 0.29) is 11.6 Å². The number of amides is 2. The van der Waals surface area contributed by atoms with Gasteiger partial charge >= 0.3 is 6.18 Å². The summed E-state index contributed by atoms with van der Waals surface area (Å²) in [4.78, 5) is 23.4. The van der Waals surface area contributed by atoms with E-state index in [4.69, 9.17) is 0 Å². The van der Waals surface area contributed by atoms with Crippen molar-refractivity contribution in [1.82, 2.24) is 10.7 Å². The lowest BCUT2D eigenvalue weighted by molar-refractivity contribution is -0.137. The fourth-order valence-corrected chi connectivity index (χ4v) is 2.75. The Morgan fingerprint density at radius 2 is 1.80 bits per heavy atom. The first-order valence-electron chi connectivity index (χ1n) is 8.14. The molecular weight excluding hydrogens is 335 g/mol. The van der Waals surface area contributed by atoms with Crippen LogP contribution < -0.4 is 10.7 Å². The van der Waals surface area contributed by atoms with E-state index in [1.54, 1.807) is 0 Å². The molecule has 0 heterocycles. The predicted octanol–water partition coefficient (Wildman–Crippen LogP) is 2.99. The summed E-state index contributed by atoms with van der Waals surface area (Å²) in [7, 11) is 0. The average molecular weight is 355 g/mol. The highest BCUT2D eigenvalue weighted by atomic mass is 19.4. The molecule has 0 aliphatic heterocycles. The summed E-state index contributed by atoms with van der Waals surface area (Å²) < 4.78 is 38.5. The third kappa shape index (κ3) is 6.21. The predicted molar refractivity (Wildman–Crippen MR) is 86.8 cm³/mol. The Hall–Kier alpha value is -2.38. The zero-order valence-electron chi connectivity index (χ0n) is 13.6. The number of carbonyl (C=O) groups is 2. The number of nitrogens with one attached hydrogen (secondary N) is 2. The van der Waals surface area contributed by atoms with E-state index < -0.39 is 30.0 Å². The van der Waals surface area contributed by atoms with E-state index in [0.29, 0.717) is 0 Å². The van der Waals surface area contributed by atoms with E-state index >= 15 is 0 Å². The molecule has 1 aliphatic carbocycles. The van der Waals surface area contributed by atoms with Crippen molar-refractivity contribution < 1.29 is 22.8 Å². The Morgan fingerprint density at radius 1 is 1.12 bits per heavy atom. The lowest BCUT2D eigenvalue weighted by Crippen LogP contribution is -2.38. The Bertz CT molecular complexity index is 638. The maximum Gasteiger partial charge on any atom is 0.417 e. The molecule has 136 valence electrons. The van der Waals surface area contributed by atoms with Gasteiger partial charge in [-0.25, -0.2) is 5.43 Å². The summed E-state index contributed by atoms with van der Waals surface area (Å²) in [5, 5.41) is 6.30. The maximum absolute atomic E-state index is 12.8. The smallest absolute Gasteiger partial charge is 0.353 e. The molecule has 0 bridgehead atoms. The Kier molecular flexibility index (Phi) is 6.55. The minimum atomic E-state index is -4.51. The van der Waals surface area contributed by atoms with Crippen molar-refractivity contribution >= 4 is 18.0 Å². The van der Waals surface area contributed by atoms with E-state index in [9.17, 15) is 22.8 Å². The highest BCUT2D eigenvalue weighted by molar-refractivity contribution is 5.97. The molecule has 2 amide bonds. The second-order valence-corrected chi connectivity index (χ2v) is 5.96. The van der Waals surface area contributed by atoms with Gasteiger partial charge in [-0.1, -0.05) is 37.5 Å². The molecule has 0 aromatic heterocycles. The molecule has 5 nitrogen and oxygen atoms in total. The molecule has 0 saturated heterocycles. The number of nitrogens with zero attached hydrogens (tertiary/aromatic N) is 1. The summed E-state index contributed by atoms with van der Waals surface area (Å²) in [6, 6.07) is 4.98. The van der Waals surface area contributed by atoms with Gasteiger partial charge in [0.1, 0.15) is 6.42 Å². The van der Waals surface area contributed by atoms with Gasteiger partial charge < -0.3 is 5.32 Å². The molecular formula is C17H20F3N3O2. The van der Waals surface area contributed by atoms with Crippen LogP contribution in [0.15, 0.2) is 29.4 Å². The number of hydrazone groups is 1. The summed E-state index contributed by atoms with van der Waals surface area (Å²) >= 11 is 0. The van der Waals surface area contributed by atoms with Crippen molar-refractivity contribution in [3.8, 4) is 0 Å². The van der Waals surface area contributed by atoms with Crippen LogP contribution in [-0.2, 0) is 15.8 Å². The molecule has 1 aromatic carbocycles. The van der Waals surface area contributed by atoms with Crippen molar-refractivity contribution in [1.29, 1.82) is 0 Å². The van der Waals surface area contributed by atoms with E-state index in [2.05, 4.69) is 15.8 Å². The molecule has 8 heteroatoms. The van der Waals surface area contributed by atoms with Crippen LogP contribution in [0.1, 0.15) is 49.7 Å². The number of rotatable bonds is 5. The molecule has 0 atom stereocenters. The van der Waals surface area contributed by atoms with Crippen LogP contribution in [0.5, 0.6) is 0 Å². The second kappa shape index (κ2) is 8.64. The average Bonchev–Trinajstić information content (AvgIpc) is 2.55. The van der Waals surface area contributed by atoms with Crippen molar-refractivity contribution in [2.24, 2.45) is 5.10 Å². The van der Waals surface area contributed by atoms with Crippen LogP contribution in [-0.4, -0.2) is 24.1 Å². The second-order valence-electron chi connectivity index (χ2n) is 5.96. The number of alkyl halides is 3. The van der Waals surface area contributed by atoms with Gasteiger partial charge in [0.05, 0.1) is 11.8 Å². The van der Waals surface area contributed by atoms with Crippen molar-refractivity contribution in [3.63, 3.8) is 0 Å². The monoisotopic (exact) mass is 355 g/mol. The van der Waals surface area contributed by atoms with Gasteiger partial charge in [0.15, 0.2) is 0 Å². The van der Waals surface area contributed by atoms with Crippen molar-refractivity contribution in [2.75, 3.05) is 0 Å². The standard InChI is InChI=1S/C17H20F3N3O2/c18-17(19,20)14-9-5-4-6-12(14)11-21-23-16(25)10-15(24)22-13-7-2-1-3-8-13/h4-6,9,11,13H,1-3,7-8,10H2,(H,22,24)(H,23,25)/b21-11+. The molecule has 25 heavy (non-hydrogen) atoms. The SMILES string of the molecule is O=C(CC(=O)NC1CCCCC1)N/N=C/c1ccccc1C(F)(F)F. The number of halogens is 3. The summed E-state index contributed by atoms with van der Waals surface area (Å²) in [5.74, 6) is -1.08. The maximum atomic E-state index is 12.8. The largest absolute Gasteiger partial charge is 0.417 e. The minimum Gasteiger partial charge on any atom is -0.353 e. The fraction of sp³-hybridized carbons (Fsp3) is 0.471. The summed E-state index contributed by atoms with van der Waals surface area (Å²) in [5.41, 5.74) is 1.07. The highest BCUT2D eigenvalue weighted by Crippen LogP contribution is 2.31. The first-order chi connectivity index (χ1) is 11.9. The lowest BCUT2D eigenvalue weighted by Gasteiger charge is -2.22. The van der Waals surface area contributed by atoms with Crippen LogP contribution in [0, 0.1) is 0 Å². The number of hydrogen-bond acceptors (Lipinski definition) is 3. The molecule has 1 aliphatic rings. The van der Waals surface area contributed by atoms with Crippen LogP contribution in [0.25, 0.3) is 0 Å². The summed E-state index contributed by atoms with van der Waals surface area (Å²) in [6.45, 7) is 0. The Balaban J connectivity index is 1.83. The first-order valence-corrected chi connectivity index (χ1v) is 8.14. The fourth-order valence-electron chi connectivity index (χ4n) is 2.75. The molecule has 0 spiro atoms. The highest BCUT2D eigenvalue weighted by Gasteiger charge is 2.32. The molecule has 0 radical (unpaired) electrons. The topological polar surface area (TPSA) is 70.6 Å².